The molecule has 8 heteroatoms. The topological polar surface area (TPSA) is 67.0 Å². The van der Waals surface area contributed by atoms with Crippen molar-refractivity contribution in [3.8, 4) is 5.75 Å². The molecule has 0 aliphatic rings. The van der Waals surface area contributed by atoms with Gasteiger partial charge in [0.2, 0.25) is 5.91 Å². The lowest BCUT2D eigenvalue weighted by Crippen LogP contribution is -2.14. The van der Waals surface area contributed by atoms with Gasteiger partial charge in [0.25, 0.3) is 0 Å². The Balaban J connectivity index is 1.55. The van der Waals surface area contributed by atoms with Crippen LogP contribution in [0.1, 0.15) is 22.4 Å². The highest BCUT2D eigenvalue weighted by molar-refractivity contribution is 5.91. The summed E-state index contributed by atoms with van der Waals surface area (Å²) in [7, 11) is 1.56. The Hall–Kier alpha value is -3.29. The zero-order valence-corrected chi connectivity index (χ0v) is 15.7. The van der Waals surface area contributed by atoms with Crippen LogP contribution in [0.2, 0.25) is 0 Å². The van der Waals surface area contributed by atoms with Crippen molar-refractivity contribution in [3.63, 3.8) is 0 Å². The second-order valence-electron chi connectivity index (χ2n) is 6.55. The van der Waals surface area contributed by atoms with Gasteiger partial charge in [-0.3, -0.25) is 9.89 Å². The number of hydrogen-bond acceptors (Lipinski definition) is 3. The van der Waals surface area contributed by atoms with Crippen LogP contribution in [0.3, 0.4) is 0 Å². The summed E-state index contributed by atoms with van der Waals surface area (Å²) in [5.74, 6) is 0.818. The van der Waals surface area contributed by atoms with Crippen molar-refractivity contribution >= 4 is 11.7 Å². The molecule has 2 aromatic carbocycles. The number of benzene rings is 2. The summed E-state index contributed by atoms with van der Waals surface area (Å²) in [6.07, 6.45) is -3.29. The van der Waals surface area contributed by atoms with Crippen LogP contribution in [0, 0.1) is 0 Å². The van der Waals surface area contributed by atoms with E-state index in [0.717, 1.165) is 23.4 Å². The number of halogens is 3. The number of rotatable bonds is 7. The minimum atomic E-state index is -4.36. The van der Waals surface area contributed by atoms with E-state index in [-0.39, 0.29) is 12.3 Å². The highest BCUT2D eigenvalue weighted by Crippen LogP contribution is 2.29. The van der Waals surface area contributed by atoms with Crippen LogP contribution in [0.15, 0.2) is 54.6 Å². The molecule has 0 saturated heterocycles. The predicted molar refractivity (Wildman–Crippen MR) is 103 cm³/mol. The molecule has 0 spiro atoms. The zero-order valence-electron chi connectivity index (χ0n) is 15.7. The number of aryl methyl sites for hydroxylation is 2. The number of carbonyl (C=O) groups excluding carboxylic acids is 1. The maximum absolute atomic E-state index is 12.8. The van der Waals surface area contributed by atoms with Crippen molar-refractivity contribution in [1.82, 2.24) is 10.2 Å². The van der Waals surface area contributed by atoms with E-state index in [2.05, 4.69) is 15.5 Å². The summed E-state index contributed by atoms with van der Waals surface area (Å²) in [5.41, 5.74) is 1.45. The lowest BCUT2D eigenvalue weighted by molar-refractivity contribution is -0.137. The van der Waals surface area contributed by atoms with Crippen LogP contribution in [-0.2, 0) is 30.2 Å². The first-order chi connectivity index (χ1) is 13.8. The van der Waals surface area contributed by atoms with Gasteiger partial charge in [-0.2, -0.15) is 18.3 Å². The van der Waals surface area contributed by atoms with Gasteiger partial charge in [-0.1, -0.05) is 30.3 Å². The number of carbonyl (C=O) groups is 1. The molecule has 0 saturated carbocycles. The summed E-state index contributed by atoms with van der Waals surface area (Å²) in [5, 5.41) is 9.54. The molecular formula is C21H20F3N3O2. The number of aromatic amines is 1. The van der Waals surface area contributed by atoms with Gasteiger partial charge in [0.05, 0.1) is 19.1 Å². The Morgan fingerprint density at radius 2 is 1.83 bits per heavy atom. The van der Waals surface area contributed by atoms with Gasteiger partial charge in [0.15, 0.2) is 5.82 Å². The van der Waals surface area contributed by atoms with Crippen LogP contribution < -0.4 is 10.1 Å². The number of hydrogen-bond donors (Lipinski definition) is 2. The maximum Gasteiger partial charge on any atom is 0.416 e. The third-order valence-corrected chi connectivity index (χ3v) is 4.33. The number of ether oxygens (including phenoxy) is 1. The summed E-state index contributed by atoms with van der Waals surface area (Å²) < 4.78 is 43.5. The number of H-pyrrole nitrogens is 1. The molecule has 2 N–H and O–H groups in total. The molecule has 0 aliphatic heterocycles. The second-order valence-corrected chi connectivity index (χ2v) is 6.55. The number of methoxy groups -OCH3 is 1. The largest absolute Gasteiger partial charge is 0.497 e. The van der Waals surface area contributed by atoms with E-state index in [9.17, 15) is 18.0 Å². The highest BCUT2D eigenvalue weighted by Gasteiger charge is 2.30. The van der Waals surface area contributed by atoms with Gasteiger partial charge in [-0.25, -0.2) is 0 Å². The normalized spacial score (nSPS) is 11.3. The van der Waals surface area contributed by atoms with Crippen LogP contribution in [-0.4, -0.2) is 23.2 Å². The lowest BCUT2D eigenvalue weighted by Gasteiger charge is -2.08. The molecule has 0 bridgehead atoms. The van der Waals surface area contributed by atoms with Crippen molar-refractivity contribution < 1.29 is 22.7 Å². The minimum absolute atomic E-state index is 0.170. The van der Waals surface area contributed by atoms with Gasteiger partial charge in [-0.05, 0) is 42.2 Å². The van der Waals surface area contributed by atoms with E-state index in [0.29, 0.717) is 30.0 Å². The first-order valence-corrected chi connectivity index (χ1v) is 8.96. The van der Waals surface area contributed by atoms with Crippen LogP contribution in [0.25, 0.3) is 0 Å². The third kappa shape index (κ3) is 5.84. The molecule has 3 aromatic rings. The molecule has 29 heavy (non-hydrogen) atoms. The summed E-state index contributed by atoms with van der Waals surface area (Å²) >= 11 is 0. The average molecular weight is 403 g/mol. The van der Waals surface area contributed by atoms with Gasteiger partial charge < -0.3 is 10.1 Å². The number of nitrogens with one attached hydrogen (secondary N) is 2. The molecule has 1 aromatic heterocycles. The van der Waals surface area contributed by atoms with Gasteiger partial charge in [-0.15, -0.1) is 0 Å². The van der Waals surface area contributed by atoms with E-state index in [1.807, 2.05) is 12.1 Å². The summed E-state index contributed by atoms with van der Waals surface area (Å²) in [4.78, 5) is 12.2. The first-order valence-electron chi connectivity index (χ1n) is 8.96. The van der Waals surface area contributed by atoms with Gasteiger partial charge in [0.1, 0.15) is 5.75 Å². The molecule has 0 radical (unpaired) electrons. The Morgan fingerprint density at radius 1 is 1.07 bits per heavy atom. The Bertz CT molecular complexity index is 983. The SMILES string of the molecule is COc1cccc(CC(=O)Nc2cc(CCc3cccc(C(F)(F)F)c3)[nH]n2)c1. The van der Waals surface area contributed by atoms with Gasteiger partial charge in [0, 0.05) is 11.8 Å². The van der Waals surface area contributed by atoms with Crippen LogP contribution in [0.5, 0.6) is 5.75 Å². The third-order valence-electron chi connectivity index (χ3n) is 4.33. The fraction of sp³-hybridized carbons (Fsp3) is 0.238. The molecule has 5 nitrogen and oxygen atoms in total. The molecule has 0 atom stereocenters. The van der Waals surface area contributed by atoms with Crippen LogP contribution in [0.4, 0.5) is 19.0 Å². The lowest BCUT2D eigenvalue weighted by atomic mass is 10.1. The van der Waals surface area contributed by atoms with Crippen molar-refractivity contribution in [2.24, 2.45) is 0 Å². The number of alkyl halides is 3. The number of amides is 1. The smallest absolute Gasteiger partial charge is 0.416 e. The zero-order chi connectivity index (χ0) is 20.9. The second kappa shape index (κ2) is 8.81. The van der Waals surface area contributed by atoms with Crippen molar-refractivity contribution in [3.05, 3.63) is 77.0 Å². The first kappa shape index (κ1) is 20.4. The monoisotopic (exact) mass is 403 g/mol. The molecule has 1 amide bonds. The molecule has 3 rings (SSSR count). The van der Waals surface area contributed by atoms with Crippen molar-refractivity contribution in [2.45, 2.75) is 25.4 Å². The standard InChI is InChI=1S/C21H20F3N3O2/c1-29-18-7-3-5-15(11-18)12-20(28)25-19-13-17(26-27-19)9-8-14-4-2-6-16(10-14)21(22,23)24/h2-7,10-11,13H,8-9,12H2,1H3,(H2,25,26,27,28). The predicted octanol–water partition coefficient (Wildman–Crippen LogP) is 4.40. The molecule has 0 fully saturated rings. The summed E-state index contributed by atoms with van der Waals surface area (Å²) in [6.45, 7) is 0. The Labute approximate surface area is 165 Å². The number of aromatic nitrogens is 2. The molecule has 152 valence electrons. The van der Waals surface area contributed by atoms with E-state index >= 15 is 0 Å². The van der Waals surface area contributed by atoms with Crippen molar-refractivity contribution in [2.75, 3.05) is 12.4 Å². The van der Waals surface area contributed by atoms with E-state index in [1.165, 1.54) is 6.07 Å². The minimum Gasteiger partial charge on any atom is -0.497 e. The quantitative estimate of drug-likeness (QED) is 0.614. The molecule has 0 unspecified atom stereocenters. The van der Waals surface area contributed by atoms with Crippen molar-refractivity contribution in [1.29, 1.82) is 0 Å². The Morgan fingerprint density at radius 3 is 2.59 bits per heavy atom. The Kier molecular flexibility index (Phi) is 6.21. The molecule has 0 aliphatic carbocycles. The summed E-state index contributed by atoms with van der Waals surface area (Å²) in [6, 6.07) is 14.1. The average Bonchev–Trinajstić information content (AvgIpc) is 3.13. The molecule has 1 heterocycles. The number of nitrogens with zero attached hydrogens (tertiary/aromatic N) is 1. The molecular weight excluding hydrogens is 383 g/mol. The fourth-order valence-corrected chi connectivity index (χ4v) is 2.89. The van der Waals surface area contributed by atoms with E-state index in [1.54, 1.807) is 31.4 Å². The van der Waals surface area contributed by atoms with Crippen LogP contribution >= 0.6 is 0 Å². The maximum atomic E-state index is 12.8. The van der Waals surface area contributed by atoms with E-state index < -0.39 is 11.7 Å². The number of anilines is 1. The van der Waals surface area contributed by atoms with Gasteiger partial charge >= 0.3 is 6.18 Å². The van der Waals surface area contributed by atoms with E-state index in [4.69, 9.17) is 4.74 Å². The highest BCUT2D eigenvalue weighted by atomic mass is 19.4. The fourth-order valence-electron chi connectivity index (χ4n) is 2.89.